The molecule has 0 radical (unpaired) electrons. The summed E-state index contributed by atoms with van der Waals surface area (Å²) in [4.78, 5) is 0. The van der Waals surface area contributed by atoms with Gasteiger partial charge in [0.15, 0.2) is 0 Å². The van der Waals surface area contributed by atoms with Crippen LogP contribution in [0, 0.1) is 20.8 Å². The van der Waals surface area contributed by atoms with Crippen molar-refractivity contribution in [2.45, 2.75) is 39.3 Å². The normalized spacial score (nSPS) is 21.9. The predicted molar refractivity (Wildman–Crippen MR) is 72.9 cm³/mol. The van der Waals surface area contributed by atoms with E-state index in [0.717, 1.165) is 6.42 Å². The first-order valence-corrected chi connectivity index (χ1v) is 6.59. The van der Waals surface area contributed by atoms with Gasteiger partial charge in [0.25, 0.3) is 0 Å². The van der Waals surface area contributed by atoms with E-state index in [0.29, 0.717) is 19.8 Å². The lowest BCUT2D eigenvalue weighted by Gasteiger charge is -2.28. The molecular formula is C15H23NO2. The third-order valence-corrected chi connectivity index (χ3v) is 3.60. The zero-order chi connectivity index (χ0) is 13.1. The van der Waals surface area contributed by atoms with Gasteiger partial charge in [-0.25, -0.2) is 0 Å². The van der Waals surface area contributed by atoms with E-state index in [1.165, 1.54) is 22.3 Å². The molecule has 0 aromatic heterocycles. The van der Waals surface area contributed by atoms with Crippen LogP contribution in [0.4, 0.5) is 0 Å². The smallest absolute Gasteiger partial charge is 0.0963 e. The molecule has 18 heavy (non-hydrogen) atoms. The Kier molecular flexibility index (Phi) is 4.38. The summed E-state index contributed by atoms with van der Waals surface area (Å²) in [5.74, 6) is 0. The molecule has 0 spiro atoms. The molecule has 1 aromatic rings. The SMILES string of the molecule is Cc1cc(C)c(CC(N)C2COCCO2)c(C)c1. The van der Waals surface area contributed by atoms with Gasteiger partial charge in [0.2, 0.25) is 0 Å². The maximum absolute atomic E-state index is 6.25. The summed E-state index contributed by atoms with van der Waals surface area (Å²) in [5, 5.41) is 0. The zero-order valence-corrected chi connectivity index (χ0v) is 11.5. The topological polar surface area (TPSA) is 44.5 Å². The minimum Gasteiger partial charge on any atom is -0.376 e. The summed E-state index contributed by atoms with van der Waals surface area (Å²) >= 11 is 0. The second kappa shape index (κ2) is 5.83. The van der Waals surface area contributed by atoms with Crippen molar-refractivity contribution in [3.8, 4) is 0 Å². The molecule has 2 N–H and O–H groups in total. The first kappa shape index (κ1) is 13.5. The third kappa shape index (κ3) is 3.10. The van der Waals surface area contributed by atoms with Crippen molar-refractivity contribution in [3.05, 3.63) is 34.4 Å². The van der Waals surface area contributed by atoms with Crippen LogP contribution in [0.3, 0.4) is 0 Å². The van der Waals surface area contributed by atoms with Crippen LogP contribution in [0.25, 0.3) is 0 Å². The summed E-state index contributed by atoms with van der Waals surface area (Å²) < 4.78 is 11.1. The molecule has 0 aliphatic carbocycles. The largest absolute Gasteiger partial charge is 0.376 e. The van der Waals surface area contributed by atoms with E-state index in [2.05, 4.69) is 32.9 Å². The van der Waals surface area contributed by atoms with Crippen molar-refractivity contribution in [3.63, 3.8) is 0 Å². The molecule has 1 aliphatic rings. The van der Waals surface area contributed by atoms with Gasteiger partial charge in [0.05, 0.1) is 25.9 Å². The molecular weight excluding hydrogens is 226 g/mol. The minimum absolute atomic E-state index is 0.00501. The second-order valence-electron chi connectivity index (χ2n) is 5.23. The van der Waals surface area contributed by atoms with Crippen molar-refractivity contribution in [2.24, 2.45) is 5.73 Å². The van der Waals surface area contributed by atoms with Gasteiger partial charge in [-0.15, -0.1) is 0 Å². The molecule has 2 unspecified atom stereocenters. The van der Waals surface area contributed by atoms with E-state index in [-0.39, 0.29) is 12.1 Å². The molecule has 1 fully saturated rings. The Morgan fingerprint density at radius 3 is 2.44 bits per heavy atom. The second-order valence-corrected chi connectivity index (χ2v) is 5.23. The maximum atomic E-state index is 6.25. The van der Waals surface area contributed by atoms with Crippen molar-refractivity contribution >= 4 is 0 Å². The van der Waals surface area contributed by atoms with Gasteiger partial charge >= 0.3 is 0 Å². The first-order valence-electron chi connectivity index (χ1n) is 6.59. The number of hydrogen-bond donors (Lipinski definition) is 1. The zero-order valence-electron chi connectivity index (χ0n) is 11.5. The fourth-order valence-electron chi connectivity index (χ4n) is 2.65. The van der Waals surface area contributed by atoms with Crippen molar-refractivity contribution in [1.82, 2.24) is 0 Å². The monoisotopic (exact) mass is 249 g/mol. The standard InChI is InChI=1S/C15H23NO2/c1-10-6-11(2)13(12(3)7-10)8-14(16)15-9-17-4-5-18-15/h6-7,14-15H,4-5,8-9,16H2,1-3H3. The predicted octanol–water partition coefficient (Wildman–Crippen LogP) is 1.90. The molecule has 2 atom stereocenters. The summed E-state index contributed by atoms with van der Waals surface area (Å²) in [6.45, 7) is 8.39. The highest BCUT2D eigenvalue weighted by atomic mass is 16.6. The Hall–Kier alpha value is -0.900. The number of ether oxygens (including phenoxy) is 2. The van der Waals surface area contributed by atoms with Gasteiger partial charge in [-0.2, -0.15) is 0 Å². The number of aryl methyl sites for hydroxylation is 3. The van der Waals surface area contributed by atoms with Crippen LogP contribution in [0.15, 0.2) is 12.1 Å². The van der Waals surface area contributed by atoms with Gasteiger partial charge in [-0.05, 0) is 43.9 Å². The van der Waals surface area contributed by atoms with E-state index in [1.807, 2.05) is 0 Å². The third-order valence-electron chi connectivity index (χ3n) is 3.60. The molecule has 0 bridgehead atoms. The average Bonchev–Trinajstić information content (AvgIpc) is 2.34. The molecule has 1 aromatic carbocycles. The molecule has 1 saturated heterocycles. The minimum atomic E-state index is 0.00501. The molecule has 1 heterocycles. The Morgan fingerprint density at radius 2 is 1.89 bits per heavy atom. The Morgan fingerprint density at radius 1 is 1.22 bits per heavy atom. The van der Waals surface area contributed by atoms with Crippen LogP contribution >= 0.6 is 0 Å². The highest BCUT2D eigenvalue weighted by Crippen LogP contribution is 2.19. The highest BCUT2D eigenvalue weighted by molar-refractivity contribution is 5.38. The summed E-state index contributed by atoms with van der Waals surface area (Å²) in [5.41, 5.74) is 11.5. The Balaban J connectivity index is 2.08. The lowest BCUT2D eigenvalue weighted by molar-refractivity contribution is -0.0967. The van der Waals surface area contributed by atoms with Crippen LogP contribution < -0.4 is 5.73 Å². The van der Waals surface area contributed by atoms with E-state index >= 15 is 0 Å². The van der Waals surface area contributed by atoms with Gasteiger partial charge in [0, 0.05) is 6.04 Å². The molecule has 2 rings (SSSR count). The molecule has 3 heteroatoms. The average molecular weight is 249 g/mol. The van der Waals surface area contributed by atoms with Crippen molar-refractivity contribution < 1.29 is 9.47 Å². The van der Waals surface area contributed by atoms with E-state index in [9.17, 15) is 0 Å². The summed E-state index contributed by atoms with van der Waals surface area (Å²) in [7, 11) is 0. The number of nitrogens with two attached hydrogens (primary N) is 1. The maximum Gasteiger partial charge on any atom is 0.0963 e. The summed E-state index contributed by atoms with van der Waals surface area (Å²) in [6.07, 6.45) is 0.880. The number of benzene rings is 1. The molecule has 0 saturated carbocycles. The van der Waals surface area contributed by atoms with E-state index in [1.54, 1.807) is 0 Å². The van der Waals surface area contributed by atoms with Gasteiger partial charge in [-0.1, -0.05) is 17.7 Å². The molecule has 1 aliphatic heterocycles. The van der Waals surface area contributed by atoms with E-state index in [4.69, 9.17) is 15.2 Å². The molecule has 3 nitrogen and oxygen atoms in total. The fourth-order valence-corrected chi connectivity index (χ4v) is 2.65. The van der Waals surface area contributed by atoms with Gasteiger partial charge in [0.1, 0.15) is 0 Å². The van der Waals surface area contributed by atoms with Crippen LogP contribution in [-0.2, 0) is 15.9 Å². The number of hydrogen-bond acceptors (Lipinski definition) is 3. The van der Waals surface area contributed by atoms with Crippen LogP contribution in [0.2, 0.25) is 0 Å². The highest BCUT2D eigenvalue weighted by Gasteiger charge is 2.23. The summed E-state index contributed by atoms with van der Waals surface area (Å²) in [6, 6.07) is 4.44. The Labute approximate surface area is 109 Å². The quantitative estimate of drug-likeness (QED) is 0.890. The molecule has 0 amide bonds. The van der Waals surface area contributed by atoms with Crippen molar-refractivity contribution in [1.29, 1.82) is 0 Å². The van der Waals surface area contributed by atoms with Gasteiger partial charge in [-0.3, -0.25) is 0 Å². The lowest BCUT2D eigenvalue weighted by Crippen LogP contribution is -2.45. The lowest BCUT2D eigenvalue weighted by atomic mass is 9.93. The first-order chi connectivity index (χ1) is 8.58. The number of rotatable bonds is 3. The van der Waals surface area contributed by atoms with Crippen LogP contribution in [0.5, 0.6) is 0 Å². The fraction of sp³-hybridized carbons (Fsp3) is 0.600. The van der Waals surface area contributed by atoms with E-state index < -0.39 is 0 Å². The van der Waals surface area contributed by atoms with Crippen LogP contribution in [0.1, 0.15) is 22.3 Å². The van der Waals surface area contributed by atoms with Crippen LogP contribution in [-0.4, -0.2) is 32.0 Å². The molecule has 100 valence electrons. The van der Waals surface area contributed by atoms with Crippen molar-refractivity contribution in [2.75, 3.05) is 19.8 Å². The van der Waals surface area contributed by atoms with Gasteiger partial charge < -0.3 is 15.2 Å². The Bertz CT molecular complexity index is 388.